The van der Waals surface area contributed by atoms with E-state index in [1.807, 2.05) is 19.1 Å². The van der Waals surface area contributed by atoms with Gasteiger partial charge in [0, 0.05) is 0 Å². The van der Waals surface area contributed by atoms with Crippen LogP contribution in [-0.2, 0) is 0 Å². The second-order valence-corrected chi connectivity index (χ2v) is 5.00. The molecule has 0 aliphatic heterocycles. The van der Waals surface area contributed by atoms with Gasteiger partial charge in [-0.1, -0.05) is 36.9 Å². The molecule has 0 fully saturated rings. The Balaban J connectivity index is 2.50. The Kier molecular flexibility index (Phi) is 2.56. The van der Waals surface area contributed by atoms with Crippen LogP contribution < -0.4 is 0 Å². The standard InChI is InChI=1S/C18H16O/c1-4-13-10-14-5-6-15-12(3)18(19)8-7-16(15)17(14)9-11(13)2/h4-10,19H,1H2,2-3H3. The number of hydrogen-bond donors (Lipinski definition) is 1. The summed E-state index contributed by atoms with van der Waals surface area (Å²) in [4.78, 5) is 0. The molecule has 0 spiro atoms. The molecule has 0 saturated carbocycles. The summed E-state index contributed by atoms with van der Waals surface area (Å²) >= 11 is 0. The van der Waals surface area contributed by atoms with E-state index in [0.29, 0.717) is 5.75 Å². The van der Waals surface area contributed by atoms with Crippen molar-refractivity contribution in [2.45, 2.75) is 13.8 Å². The van der Waals surface area contributed by atoms with Crippen LogP contribution in [0.3, 0.4) is 0 Å². The Morgan fingerprint density at radius 1 is 0.947 bits per heavy atom. The van der Waals surface area contributed by atoms with Crippen molar-refractivity contribution < 1.29 is 5.11 Å². The lowest BCUT2D eigenvalue weighted by Gasteiger charge is -2.10. The maximum absolute atomic E-state index is 9.81. The highest BCUT2D eigenvalue weighted by molar-refractivity contribution is 6.09. The van der Waals surface area contributed by atoms with Gasteiger partial charge in [0.15, 0.2) is 0 Å². The van der Waals surface area contributed by atoms with Gasteiger partial charge in [0.25, 0.3) is 0 Å². The summed E-state index contributed by atoms with van der Waals surface area (Å²) in [6.45, 7) is 7.91. The highest BCUT2D eigenvalue weighted by Crippen LogP contribution is 2.33. The Hall–Kier alpha value is -2.28. The predicted octanol–water partition coefficient (Wildman–Crippen LogP) is 4.96. The number of phenols is 1. The van der Waals surface area contributed by atoms with Gasteiger partial charge in [-0.05, 0) is 64.2 Å². The van der Waals surface area contributed by atoms with Crippen LogP contribution in [-0.4, -0.2) is 5.11 Å². The minimum absolute atomic E-state index is 0.353. The van der Waals surface area contributed by atoms with Gasteiger partial charge in [-0.15, -0.1) is 0 Å². The zero-order valence-corrected chi connectivity index (χ0v) is 11.2. The number of benzene rings is 3. The van der Waals surface area contributed by atoms with Crippen molar-refractivity contribution in [1.82, 2.24) is 0 Å². The van der Waals surface area contributed by atoms with Crippen LogP contribution in [0.2, 0.25) is 0 Å². The van der Waals surface area contributed by atoms with E-state index in [4.69, 9.17) is 0 Å². The summed E-state index contributed by atoms with van der Waals surface area (Å²) < 4.78 is 0. The molecule has 0 aromatic heterocycles. The minimum Gasteiger partial charge on any atom is -0.508 e. The maximum Gasteiger partial charge on any atom is 0.119 e. The third-order valence-electron chi connectivity index (χ3n) is 3.86. The molecule has 0 aliphatic carbocycles. The fraction of sp³-hybridized carbons (Fsp3) is 0.111. The molecule has 0 aliphatic rings. The largest absolute Gasteiger partial charge is 0.508 e. The van der Waals surface area contributed by atoms with E-state index >= 15 is 0 Å². The van der Waals surface area contributed by atoms with Crippen LogP contribution in [0.1, 0.15) is 16.7 Å². The molecule has 3 aromatic rings. The van der Waals surface area contributed by atoms with Gasteiger partial charge in [-0.3, -0.25) is 0 Å². The molecule has 19 heavy (non-hydrogen) atoms. The van der Waals surface area contributed by atoms with Gasteiger partial charge in [0.1, 0.15) is 5.75 Å². The smallest absolute Gasteiger partial charge is 0.119 e. The summed E-state index contributed by atoms with van der Waals surface area (Å²) in [5, 5.41) is 14.5. The molecule has 1 heteroatoms. The fourth-order valence-corrected chi connectivity index (χ4v) is 2.67. The van der Waals surface area contributed by atoms with Crippen LogP contribution in [0, 0.1) is 13.8 Å². The van der Waals surface area contributed by atoms with Crippen molar-refractivity contribution in [3.63, 3.8) is 0 Å². The van der Waals surface area contributed by atoms with Crippen molar-refractivity contribution >= 4 is 27.6 Å². The zero-order chi connectivity index (χ0) is 13.6. The minimum atomic E-state index is 0.353. The summed E-state index contributed by atoms with van der Waals surface area (Å²) in [6.07, 6.45) is 1.89. The lowest BCUT2D eigenvalue weighted by atomic mass is 9.95. The van der Waals surface area contributed by atoms with E-state index < -0.39 is 0 Å². The fourth-order valence-electron chi connectivity index (χ4n) is 2.67. The van der Waals surface area contributed by atoms with Gasteiger partial charge in [-0.25, -0.2) is 0 Å². The normalized spacial score (nSPS) is 11.1. The van der Waals surface area contributed by atoms with Gasteiger partial charge in [0.2, 0.25) is 0 Å². The number of hydrogen-bond acceptors (Lipinski definition) is 1. The highest BCUT2D eigenvalue weighted by Gasteiger charge is 2.07. The van der Waals surface area contributed by atoms with Crippen molar-refractivity contribution in [3.8, 4) is 5.75 Å². The summed E-state index contributed by atoms with van der Waals surface area (Å²) in [5.74, 6) is 0.353. The van der Waals surface area contributed by atoms with Crippen LogP contribution in [0.25, 0.3) is 27.6 Å². The van der Waals surface area contributed by atoms with E-state index in [1.54, 1.807) is 6.07 Å². The zero-order valence-electron chi connectivity index (χ0n) is 11.2. The molecule has 3 aromatic carbocycles. The predicted molar refractivity (Wildman–Crippen MR) is 82.7 cm³/mol. The van der Waals surface area contributed by atoms with Gasteiger partial charge < -0.3 is 5.11 Å². The highest BCUT2D eigenvalue weighted by atomic mass is 16.3. The monoisotopic (exact) mass is 248 g/mol. The van der Waals surface area contributed by atoms with Crippen molar-refractivity contribution in [3.05, 3.63) is 59.7 Å². The SMILES string of the molecule is C=Cc1cc2ccc3c(C)c(O)ccc3c2cc1C. The van der Waals surface area contributed by atoms with Crippen molar-refractivity contribution in [2.75, 3.05) is 0 Å². The summed E-state index contributed by atoms with van der Waals surface area (Å²) in [5.41, 5.74) is 3.33. The number of aromatic hydroxyl groups is 1. The number of fused-ring (bicyclic) bond motifs is 3. The third kappa shape index (κ3) is 1.70. The Morgan fingerprint density at radius 3 is 2.42 bits per heavy atom. The molecule has 0 amide bonds. The summed E-state index contributed by atoms with van der Waals surface area (Å²) in [6, 6.07) is 12.3. The van der Waals surface area contributed by atoms with E-state index in [1.165, 1.54) is 27.3 Å². The number of aryl methyl sites for hydroxylation is 2. The molecule has 0 radical (unpaired) electrons. The molecule has 94 valence electrons. The molecule has 3 rings (SSSR count). The van der Waals surface area contributed by atoms with Gasteiger partial charge in [0.05, 0.1) is 0 Å². The van der Waals surface area contributed by atoms with Crippen LogP contribution in [0.15, 0.2) is 43.0 Å². The first-order valence-corrected chi connectivity index (χ1v) is 6.40. The van der Waals surface area contributed by atoms with Crippen molar-refractivity contribution in [2.24, 2.45) is 0 Å². The Bertz CT molecular complexity index is 813. The third-order valence-corrected chi connectivity index (χ3v) is 3.86. The Labute approximate surface area is 112 Å². The topological polar surface area (TPSA) is 20.2 Å². The molecule has 1 nitrogen and oxygen atoms in total. The molecular weight excluding hydrogens is 232 g/mol. The average Bonchev–Trinajstić information content (AvgIpc) is 2.42. The first-order valence-electron chi connectivity index (χ1n) is 6.40. The first-order chi connectivity index (χ1) is 9.11. The van der Waals surface area contributed by atoms with Gasteiger partial charge in [-0.2, -0.15) is 0 Å². The van der Waals surface area contributed by atoms with Crippen LogP contribution >= 0.6 is 0 Å². The molecule has 0 atom stereocenters. The van der Waals surface area contributed by atoms with E-state index in [9.17, 15) is 5.11 Å². The van der Waals surface area contributed by atoms with Crippen molar-refractivity contribution in [1.29, 1.82) is 0 Å². The second-order valence-electron chi connectivity index (χ2n) is 5.00. The second kappa shape index (κ2) is 4.13. The average molecular weight is 248 g/mol. The summed E-state index contributed by atoms with van der Waals surface area (Å²) in [7, 11) is 0. The Morgan fingerprint density at radius 2 is 1.68 bits per heavy atom. The maximum atomic E-state index is 9.81. The van der Waals surface area contributed by atoms with Gasteiger partial charge >= 0.3 is 0 Å². The van der Waals surface area contributed by atoms with Crippen LogP contribution in [0.5, 0.6) is 5.75 Å². The number of phenolic OH excluding ortho intramolecular Hbond substituents is 1. The molecule has 1 N–H and O–H groups in total. The first kappa shape index (κ1) is 11.8. The molecule has 0 unspecified atom stereocenters. The molecule has 0 heterocycles. The van der Waals surface area contributed by atoms with Crippen LogP contribution in [0.4, 0.5) is 0 Å². The quantitative estimate of drug-likeness (QED) is 0.603. The van der Waals surface area contributed by atoms with E-state index in [2.05, 4.69) is 37.8 Å². The molecular formula is C18H16O. The molecule has 0 bridgehead atoms. The lowest BCUT2D eigenvalue weighted by Crippen LogP contribution is -1.86. The van der Waals surface area contributed by atoms with E-state index in [0.717, 1.165) is 10.9 Å². The lowest BCUT2D eigenvalue weighted by molar-refractivity contribution is 0.472. The number of rotatable bonds is 1. The molecule has 0 saturated heterocycles. The van der Waals surface area contributed by atoms with E-state index in [-0.39, 0.29) is 0 Å².